The van der Waals surface area contributed by atoms with Crippen LogP contribution in [0.3, 0.4) is 0 Å². The van der Waals surface area contributed by atoms with Gasteiger partial charge in [0, 0.05) is 0 Å². The molecule has 0 aliphatic heterocycles. The lowest BCUT2D eigenvalue weighted by molar-refractivity contribution is -0.425. The van der Waals surface area contributed by atoms with E-state index in [0.717, 1.165) is 0 Å². The summed E-state index contributed by atoms with van der Waals surface area (Å²) >= 11 is 0. The molecule has 0 fully saturated rings. The zero-order valence-electron chi connectivity index (χ0n) is 16.8. The van der Waals surface area contributed by atoms with Crippen LogP contribution in [0.5, 0.6) is 0 Å². The van der Waals surface area contributed by atoms with E-state index in [9.17, 15) is 0 Å². The molecular weight excluding hydrogens is 280 g/mol. The highest BCUT2D eigenvalue weighted by Gasteiger charge is 2.42. The van der Waals surface area contributed by atoms with Crippen molar-refractivity contribution >= 4 is 0 Å². The van der Waals surface area contributed by atoms with Crippen LogP contribution in [-0.4, -0.2) is 22.4 Å². The molecule has 0 spiro atoms. The van der Waals surface area contributed by atoms with Crippen LogP contribution in [0.1, 0.15) is 83.1 Å². The molecule has 0 amide bonds. The Morgan fingerprint density at radius 2 is 0.682 bits per heavy atom. The second kappa shape index (κ2) is 7.16. The molecule has 0 aliphatic rings. The van der Waals surface area contributed by atoms with Gasteiger partial charge in [-0.15, -0.1) is 0 Å². The Kier molecular flexibility index (Phi) is 7.11. The van der Waals surface area contributed by atoms with Crippen LogP contribution in [-0.2, 0) is 19.6 Å². The van der Waals surface area contributed by atoms with E-state index >= 15 is 0 Å². The Labute approximate surface area is 137 Å². The lowest BCUT2D eigenvalue weighted by Crippen LogP contribution is -2.47. The molecule has 0 heterocycles. The molecule has 0 radical (unpaired) electrons. The first-order valence-electron chi connectivity index (χ1n) is 8.22. The molecule has 4 nitrogen and oxygen atoms in total. The van der Waals surface area contributed by atoms with Crippen LogP contribution >= 0.6 is 0 Å². The van der Waals surface area contributed by atoms with E-state index in [1.807, 2.05) is 69.2 Å². The molecule has 2 atom stereocenters. The van der Waals surface area contributed by atoms with Gasteiger partial charge in [-0.3, -0.25) is 0 Å². The van der Waals surface area contributed by atoms with E-state index < -0.39 is 11.2 Å². The van der Waals surface area contributed by atoms with Crippen LogP contribution in [0.4, 0.5) is 0 Å². The highest BCUT2D eigenvalue weighted by Crippen LogP contribution is 2.37. The van der Waals surface area contributed by atoms with Gasteiger partial charge in [-0.2, -0.15) is 0 Å². The monoisotopic (exact) mass is 318 g/mol. The molecule has 22 heavy (non-hydrogen) atoms. The van der Waals surface area contributed by atoms with Crippen LogP contribution in [0, 0.1) is 11.8 Å². The third kappa shape index (κ3) is 7.91. The fraction of sp³-hybridized carbons (Fsp3) is 1.00. The summed E-state index contributed by atoms with van der Waals surface area (Å²) in [7, 11) is 0. The molecule has 0 aromatic carbocycles. The minimum Gasteiger partial charge on any atom is -0.230 e. The Morgan fingerprint density at radius 1 is 0.455 bits per heavy atom. The summed E-state index contributed by atoms with van der Waals surface area (Å²) in [4.78, 5) is 22.5. The van der Waals surface area contributed by atoms with Gasteiger partial charge in [0.15, 0.2) is 0 Å². The second-order valence-electron chi connectivity index (χ2n) is 9.34. The average molecular weight is 318 g/mol. The van der Waals surface area contributed by atoms with Crippen molar-refractivity contribution in [2.45, 2.75) is 105 Å². The van der Waals surface area contributed by atoms with Gasteiger partial charge in [-0.1, -0.05) is 13.8 Å². The largest absolute Gasteiger partial charge is 0.230 e. The highest BCUT2D eigenvalue weighted by molar-refractivity contribution is 4.87. The van der Waals surface area contributed by atoms with Crippen molar-refractivity contribution in [1.29, 1.82) is 0 Å². The van der Waals surface area contributed by atoms with Gasteiger partial charge in [0.05, 0.1) is 11.2 Å². The van der Waals surface area contributed by atoms with Crippen LogP contribution in [0.2, 0.25) is 0 Å². The molecule has 4 heteroatoms. The van der Waals surface area contributed by atoms with E-state index in [0.29, 0.717) is 0 Å². The molecule has 0 N–H and O–H groups in total. The predicted molar refractivity (Wildman–Crippen MR) is 90.3 cm³/mol. The summed E-state index contributed by atoms with van der Waals surface area (Å²) in [6, 6.07) is 0. The number of rotatable bonds is 7. The van der Waals surface area contributed by atoms with Crippen molar-refractivity contribution < 1.29 is 19.6 Å². The fourth-order valence-corrected chi connectivity index (χ4v) is 1.82. The maximum atomic E-state index is 5.72. The van der Waals surface area contributed by atoms with Gasteiger partial charge in [0.25, 0.3) is 0 Å². The molecule has 0 saturated heterocycles. The predicted octanol–water partition coefficient (Wildman–Crippen LogP) is 5.31. The SMILES string of the molecule is CC(C(C)C(C)(C)OOC(C)(C)C)C(C)(C)OOC(C)(C)C. The van der Waals surface area contributed by atoms with Gasteiger partial charge in [0.1, 0.15) is 11.2 Å². The molecule has 0 rings (SSSR count). The summed E-state index contributed by atoms with van der Waals surface area (Å²) in [6.07, 6.45) is 0. The minimum atomic E-state index is -0.435. The van der Waals surface area contributed by atoms with E-state index in [1.165, 1.54) is 0 Å². The van der Waals surface area contributed by atoms with Crippen LogP contribution < -0.4 is 0 Å². The molecule has 0 bridgehead atoms. The first kappa shape index (κ1) is 21.8. The number of hydrogen-bond donors (Lipinski definition) is 0. The Morgan fingerprint density at radius 3 is 0.864 bits per heavy atom. The van der Waals surface area contributed by atoms with Crippen molar-refractivity contribution in [2.75, 3.05) is 0 Å². The summed E-state index contributed by atoms with van der Waals surface area (Å²) in [5.74, 6) is 0.404. The van der Waals surface area contributed by atoms with Gasteiger partial charge in [-0.25, -0.2) is 19.6 Å². The highest BCUT2D eigenvalue weighted by atomic mass is 17.2. The van der Waals surface area contributed by atoms with Crippen molar-refractivity contribution in [3.05, 3.63) is 0 Å². The van der Waals surface area contributed by atoms with Gasteiger partial charge in [-0.05, 0) is 81.1 Å². The lowest BCUT2D eigenvalue weighted by atomic mass is 9.75. The normalized spacial score (nSPS) is 17.5. The third-order valence-electron chi connectivity index (χ3n) is 3.96. The summed E-state index contributed by atoms with van der Waals surface area (Å²) < 4.78 is 0. The first-order chi connectivity index (χ1) is 9.48. The molecule has 0 aromatic rings. The van der Waals surface area contributed by atoms with Crippen molar-refractivity contribution in [2.24, 2.45) is 11.8 Å². The molecule has 0 saturated carbocycles. The van der Waals surface area contributed by atoms with Crippen LogP contribution in [0.15, 0.2) is 0 Å². The van der Waals surface area contributed by atoms with Gasteiger partial charge < -0.3 is 0 Å². The molecule has 0 aliphatic carbocycles. The maximum Gasteiger partial charge on any atom is 0.101 e. The van der Waals surface area contributed by atoms with Crippen molar-refractivity contribution in [3.8, 4) is 0 Å². The average Bonchev–Trinajstić information content (AvgIpc) is 2.31. The maximum absolute atomic E-state index is 5.72. The van der Waals surface area contributed by atoms with Gasteiger partial charge >= 0.3 is 0 Å². The van der Waals surface area contributed by atoms with E-state index in [-0.39, 0.29) is 23.0 Å². The smallest absolute Gasteiger partial charge is 0.101 e. The summed E-state index contributed by atoms with van der Waals surface area (Å²) in [5, 5.41) is 0. The molecule has 134 valence electrons. The molecule has 2 unspecified atom stereocenters. The quantitative estimate of drug-likeness (QED) is 0.471. The van der Waals surface area contributed by atoms with Gasteiger partial charge in [0.2, 0.25) is 0 Å². The van der Waals surface area contributed by atoms with Crippen LogP contribution in [0.25, 0.3) is 0 Å². The number of hydrogen-bond acceptors (Lipinski definition) is 4. The first-order valence-corrected chi connectivity index (χ1v) is 8.22. The minimum absolute atomic E-state index is 0.202. The Hall–Kier alpha value is -0.160. The third-order valence-corrected chi connectivity index (χ3v) is 3.96. The zero-order valence-corrected chi connectivity index (χ0v) is 16.8. The summed E-state index contributed by atoms with van der Waals surface area (Å²) in [5.41, 5.74) is -1.53. The standard InChI is InChI=1S/C18H38O4/c1-13(17(9,10)21-19-15(3,4)5)14(2)18(11,12)22-20-16(6,7)8/h13-14H,1-12H3. The topological polar surface area (TPSA) is 36.9 Å². The van der Waals surface area contributed by atoms with Crippen molar-refractivity contribution in [1.82, 2.24) is 0 Å². The Bertz CT molecular complexity index is 300. The second-order valence-corrected chi connectivity index (χ2v) is 9.34. The van der Waals surface area contributed by atoms with E-state index in [2.05, 4.69) is 13.8 Å². The Balaban J connectivity index is 4.83. The van der Waals surface area contributed by atoms with E-state index in [4.69, 9.17) is 19.6 Å². The van der Waals surface area contributed by atoms with Crippen molar-refractivity contribution in [3.63, 3.8) is 0 Å². The lowest BCUT2D eigenvalue weighted by Gasteiger charge is -2.42. The zero-order chi connectivity index (χ0) is 18.0. The van der Waals surface area contributed by atoms with E-state index in [1.54, 1.807) is 0 Å². The summed E-state index contributed by atoms with van der Waals surface area (Å²) in [6.45, 7) is 24.3. The fourth-order valence-electron chi connectivity index (χ4n) is 1.82. The molecular formula is C18H38O4. The molecule has 0 aromatic heterocycles.